The topological polar surface area (TPSA) is 47.3 Å². The van der Waals surface area contributed by atoms with E-state index in [2.05, 4.69) is 5.10 Å². The van der Waals surface area contributed by atoms with Crippen LogP contribution in [-0.4, -0.2) is 22.0 Å². The Hall–Kier alpha value is -1.95. The number of ether oxygens (including phenoxy) is 1. The van der Waals surface area contributed by atoms with Gasteiger partial charge in [-0.05, 0) is 18.6 Å². The zero-order valence-electron chi connectivity index (χ0n) is 11.5. The monoisotopic (exact) mass is 282 g/mol. The molecule has 1 N–H and O–H groups in total. The number of nitrogens with zero attached hydrogens (tertiary/aromatic N) is 2. The van der Waals surface area contributed by atoms with Crippen molar-refractivity contribution in [2.75, 3.05) is 7.11 Å². The van der Waals surface area contributed by atoms with Crippen LogP contribution >= 0.6 is 0 Å². The molecular formula is C14H16F2N2O2. The second kappa shape index (κ2) is 5.58. The number of benzene rings is 1. The summed E-state index contributed by atoms with van der Waals surface area (Å²) in [6.07, 6.45) is -0.951. The Balaban J connectivity index is 2.30. The highest BCUT2D eigenvalue weighted by atomic mass is 19.1. The third-order valence-electron chi connectivity index (χ3n) is 3.17. The van der Waals surface area contributed by atoms with Crippen LogP contribution in [0.1, 0.15) is 22.9 Å². The van der Waals surface area contributed by atoms with Crippen molar-refractivity contribution < 1.29 is 18.6 Å². The van der Waals surface area contributed by atoms with Crippen LogP contribution in [0.5, 0.6) is 5.88 Å². The molecule has 0 aliphatic rings. The van der Waals surface area contributed by atoms with E-state index < -0.39 is 17.7 Å². The SMILES string of the molecule is COc1c(C(O)Cc2ccc(F)cc2F)c(C)nn1C. The van der Waals surface area contributed by atoms with Crippen LogP contribution < -0.4 is 4.74 Å². The average molecular weight is 282 g/mol. The number of methoxy groups -OCH3 is 1. The Morgan fingerprint density at radius 3 is 2.70 bits per heavy atom. The van der Waals surface area contributed by atoms with E-state index in [0.29, 0.717) is 17.1 Å². The van der Waals surface area contributed by atoms with Crippen LogP contribution in [0, 0.1) is 18.6 Å². The lowest BCUT2D eigenvalue weighted by atomic mass is 10.0. The lowest BCUT2D eigenvalue weighted by Crippen LogP contribution is -2.06. The van der Waals surface area contributed by atoms with Crippen LogP contribution in [0.25, 0.3) is 0 Å². The summed E-state index contributed by atoms with van der Waals surface area (Å²) in [6, 6.07) is 3.29. The van der Waals surface area contributed by atoms with Gasteiger partial charge in [-0.3, -0.25) is 0 Å². The first-order chi connectivity index (χ1) is 9.43. The third kappa shape index (κ3) is 2.65. The summed E-state index contributed by atoms with van der Waals surface area (Å²) in [7, 11) is 3.17. The van der Waals surface area contributed by atoms with Crippen LogP contribution in [0.3, 0.4) is 0 Å². The fourth-order valence-electron chi connectivity index (χ4n) is 2.28. The lowest BCUT2D eigenvalue weighted by molar-refractivity contribution is 0.171. The highest BCUT2D eigenvalue weighted by molar-refractivity contribution is 5.34. The van der Waals surface area contributed by atoms with Crippen LogP contribution in [-0.2, 0) is 13.5 Å². The van der Waals surface area contributed by atoms with Crippen molar-refractivity contribution in [3.05, 3.63) is 46.7 Å². The van der Waals surface area contributed by atoms with Crippen molar-refractivity contribution in [3.8, 4) is 5.88 Å². The van der Waals surface area contributed by atoms with Crippen molar-refractivity contribution in [2.24, 2.45) is 7.05 Å². The zero-order valence-corrected chi connectivity index (χ0v) is 11.5. The van der Waals surface area contributed by atoms with E-state index in [-0.39, 0.29) is 12.0 Å². The van der Waals surface area contributed by atoms with Crippen LogP contribution in [0.15, 0.2) is 18.2 Å². The smallest absolute Gasteiger partial charge is 0.217 e. The van der Waals surface area contributed by atoms with Crippen molar-refractivity contribution in [1.29, 1.82) is 0 Å². The molecule has 0 aliphatic heterocycles. The molecular weight excluding hydrogens is 266 g/mol. The molecule has 108 valence electrons. The van der Waals surface area contributed by atoms with Crippen LogP contribution in [0.4, 0.5) is 8.78 Å². The summed E-state index contributed by atoms with van der Waals surface area (Å²) in [6.45, 7) is 1.74. The molecule has 6 heteroatoms. The summed E-state index contributed by atoms with van der Waals surface area (Å²) < 4.78 is 33.2. The van der Waals surface area contributed by atoms with E-state index in [1.165, 1.54) is 23.9 Å². The van der Waals surface area contributed by atoms with Gasteiger partial charge in [0.1, 0.15) is 11.6 Å². The molecule has 20 heavy (non-hydrogen) atoms. The first-order valence-corrected chi connectivity index (χ1v) is 6.13. The van der Waals surface area contributed by atoms with Gasteiger partial charge < -0.3 is 9.84 Å². The summed E-state index contributed by atoms with van der Waals surface area (Å²) in [5.74, 6) is -0.891. The fourth-order valence-corrected chi connectivity index (χ4v) is 2.28. The molecule has 0 radical (unpaired) electrons. The molecule has 1 aromatic carbocycles. The first-order valence-electron chi connectivity index (χ1n) is 6.13. The average Bonchev–Trinajstić information content (AvgIpc) is 2.66. The normalized spacial score (nSPS) is 12.5. The highest BCUT2D eigenvalue weighted by Gasteiger charge is 2.22. The Kier molecular flexibility index (Phi) is 4.04. The van der Waals surface area contributed by atoms with Gasteiger partial charge in [-0.25, -0.2) is 13.5 Å². The zero-order chi connectivity index (χ0) is 14.9. The quantitative estimate of drug-likeness (QED) is 0.936. The second-order valence-electron chi connectivity index (χ2n) is 4.59. The number of hydrogen-bond donors (Lipinski definition) is 1. The number of aromatic nitrogens is 2. The summed E-state index contributed by atoms with van der Waals surface area (Å²) in [5, 5.41) is 14.4. The first kappa shape index (κ1) is 14.5. The maximum Gasteiger partial charge on any atom is 0.217 e. The molecule has 1 unspecified atom stereocenters. The number of aliphatic hydroxyl groups excluding tert-OH is 1. The predicted octanol–water partition coefficient (Wildman–Crippen LogP) is 2.29. The van der Waals surface area contributed by atoms with Gasteiger partial charge in [-0.15, -0.1) is 0 Å². The molecule has 1 heterocycles. The largest absolute Gasteiger partial charge is 0.481 e. The minimum Gasteiger partial charge on any atom is -0.481 e. The number of halogens is 2. The third-order valence-corrected chi connectivity index (χ3v) is 3.17. The van der Waals surface area contributed by atoms with Crippen molar-refractivity contribution in [3.63, 3.8) is 0 Å². The van der Waals surface area contributed by atoms with Gasteiger partial charge in [0.2, 0.25) is 5.88 Å². The highest BCUT2D eigenvalue weighted by Crippen LogP contribution is 2.30. The summed E-state index contributed by atoms with van der Waals surface area (Å²) in [4.78, 5) is 0. The number of hydrogen-bond acceptors (Lipinski definition) is 3. The maximum atomic E-state index is 13.6. The Morgan fingerprint density at radius 1 is 1.40 bits per heavy atom. The van der Waals surface area contributed by atoms with Crippen LogP contribution in [0.2, 0.25) is 0 Å². The van der Waals surface area contributed by atoms with Crippen molar-refractivity contribution in [1.82, 2.24) is 9.78 Å². The summed E-state index contributed by atoms with van der Waals surface area (Å²) >= 11 is 0. The molecule has 2 rings (SSSR count). The number of aryl methyl sites for hydroxylation is 2. The molecule has 0 saturated carbocycles. The standard InChI is InChI=1S/C14H16F2N2O2/c1-8-13(14(20-3)18(2)17-8)12(19)6-9-4-5-10(15)7-11(9)16/h4-5,7,12,19H,6H2,1-3H3. The van der Waals surface area contributed by atoms with Gasteiger partial charge in [0.05, 0.1) is 24.5 Å². The number of aliphatic hydroxyl groups is 1. The molecule has 0 bridgehead atoms. The maximum absolute atomic E-state index is 13.6. The van der Waals surface area contributed by atoms with Gasteiger partial charge in [0, 0.05) is 19.5 Å². The molecule has 1 atom stereocenters. The molecule has 4 nitrogen and oxygen atoms in total. The lowest BCUT2D eigenvalue weighted by Gasteiger charge is -2.13. The molecule has 1 aromatic heterocycles. The van der Waals surface area contributed by atoms with Gasteiger partial charge in [0.15, 0.2) is 0 Å². The number of rotatable bonds is 4. The Morgan fingerprint density at radius 2 is 2.10 bits per heavy atom. The fraction of sp³-hybridized carbons (Fsp3) is 0.357. The van der Waals surface area contributed by atoms with Gasteiger partial charge >= 0.3 is 0 Å². The van der Waals surface area contributed by atoms with Crippen molar-refractivity contribution >= 4 is 0 Å². The van der Waals surface area contributed by atoms with Gasteiger partial charge in [-0.2, -0.15) is 5.10 Å². The molecule has 0 fully saturated rings. The van der Waals surface area contributed by atoms with E-state index in [4.69, 9.17) is 4.74 Å². The predicted molar refractivity (Wildman–Crippen MR) is 69.5 cm³/mol. The second-order valence-corrected chi connectivity index (χ2v) is 4.59. The molecule has 0 amide bonds. The van der Waals surface area contributed by atoms with E-state index in [1.807, 2.05) is 0 Å². The van der Waals surface area contributed by atoms with Crippen molar-refractivity contribution in [2.45, 2.75) is 19.4 Å². The molecule has 2 aromatic rings. The van der Waals surface area contributed by atoms with E-state index >= 15 is 0 Å². The van der Waals surface area contributed by atoms with E-state index in [1.54, 1.807) is 14.0 Å². The molecule has 0 saturated heterocycles. The minimum atomic E-state index is -0.974. The van der Waals surface area contributed by atoms with E-state index in [0.717, 1.165) is 6.07 Å². The van der Waals surface area contributed by atoms with E-state index in [9.17, 15) is 13.9 Å². The van der Waals surface area contributed by atoms with Gasteiger partial charge in [0.25, 0.3) is 0 Å². The Labute approximate surface area is 115 Å². The van der Waals surface area contributed by atoms with Gasteiger partial charge in [-0.1, -0.05) is 6.07 Å². The molecule has 0 aliphatic carbocycles. The Bertz CT molecular complexity index is 626. The minimum absolute atomic E-state index is 0.0228. The molecule has 0 spiro atoms. The summed E-state index contributed by atoms with van der Waals surface area (Å²) in [5.41, 5.74) is 1.36.